The average molecular weight is 443 g/mol. The molecule has 1 aliphatic carbocycles. The molecule has 1 heterocycles. The van der Waals surface area contributed by atoms with Crippen LogP contribution in [0.3, 0.4) is 0 Å². The lowest BCUT2D eigenvalue weighted by molar-refractivity contribution is -0.187. The molecule has 0 N–H and O–H groups in total. The molecule has 1 fully saturated rings. The van der Waals surface area contributed by atoms with E-state index < -0.39 is 30.0 Å². The second-order valence-corrected chi connectivity index (χ2v) is 8.09. The predicted molar refractivity (Wildman–Crippen MR) is 106 cm³/mol. The summed E-state index contributed by atoms with van der Waals surface area (Å²) < 4.78 is 55.3. The highest BCUT2D eigenvalue weighted by molar-refractivity contribution is 5.81. The number of amides is 1. The van der Waals surface area contributed by atoms with Gasteiger partial charge in [0.05, 0.1) is 39.7 Å². The van der Waals surface area contributed by atoms with Crippen molar-refractivity contribution in [2.75, 3.05) is 27.9 Å². The third-order valence-electron chi connectivity index (χ3n) is 6.36. The average Bonchev–Trinajstić information content (AvgIpc) is 2.77. The third-order valence-corrected chi connectivity index (χ3v) is 6.36. The van der Waals surface area contributed by atoms with Gasteiger partial charge in [0.25, 0.3) is 0 Å². The van der Waals surface area contributed by atoms with Crippen LogP contribution in [0.15, 0.2) is 12.1 Å². The van der Waals surface area contributed by atoms with Gasteiger partial charge in [-0.1, -0.05) is 6.42 Å². The zero-order chi connectivity index (χ0) is 22.8. The third kappa shape index (κ3) is 4.91. The minimum absolute atomic E-state index is 0.0543. The summed E-state index contributed by atoms with van der Waals surface area (Å²) >= 11 is 0. The molecular formula is C22H28F3NO5. The molecule has 9 heteroatoms. The van der Waals surface area contributed by atoms with Gasteiger partial charge in [-0.2, -0.15) is 13.2 Å². The number of carbonyl (C=O) groups excluding carboxylic acids is 2. The highest BCUT2D eigenvalue weighted by Crippen LogP contribution is 2.44. The number of rotatable bonds is 5. The smallest absolute Gasteiger partial charge is 0.391 e. The molecule has 0 radical (unpaired) electrons. The number of hydrogen-bond donors (Lipinski definition) is 0. The molecule has 0 bridgehead atoms. The van der Waals surface area contributed by atoms with Crippen molar-refractivity contribution < 1.29 is 37.0 Å². The van der Waals surface area contributed by atoms with E-state index >= 15 is 0 Å². The molecule has 3 rings (SSSR count). The first-order valence-corrected chi connectivity index (χ1v) is 10.4. The van der Waals surface area contributed by atoms with E-state index in [0.717, 1.165) is 11.1 Å². The van der Waals surface area contributed by atoms with Crippen molar-refractivity contribution in [2.45, 2.75) is 50.7 Å². The summed E-state index contributed by atoms with van der Waals surface area (Å²) in [4.78, 5) is 27.0. The summed E-state index contributed by atoms with van der Waals surface area (Å²) in [5, 5.41) is 0. The molecule has 6 nitrogen and oxygen atoms in total. The molecule has 0 aromatic heterocycles. The number of ether oxygens (including phenoxy) is 3. The van der Waals surface area contributed by atoms with Crippen LogP contribution < -0.4 is 9.47 Å². The van der Waals surface area contributed by atoms with E-state index in [0.29, 0.717) is 37.3 Å². The Morgan fingerprint density at radius 2 is 1.77 bits per heavy atom. The van der Waals surface area contributed by atoms with Crippen LogP contribution in [0.4, 0.5) is 13.2 Å². The van der Waals surface area contributed by atoms with Crippen molar-refractivity contribution in [1.29, 1.82) is 0 Å². The molecule has 2 aliphatic rings. The summed E-state index contributed by atoms with van der Waals surface area (Å²) in [6.07, 6.45) is -3.25. The molecule has 3 atom stereocenters. The highest BCUT2D eigenvalue weighted by Gasteiger charge is 2.45. The lowest BCUT2D eigenvalue weighted by Crippen LogP contribution is -2.45. The van der Waals surface area contributed by atoms with E-state index in [2.05, 4.69) is 0 Å². The van der Waals surface area contributed by atoms with Crippen LogP contribution in [0.1, 0.15) is 49.3 Å². The van der Waals surface area contributed by atoms with Crippen LogP contribution in [0.2, 0.25) is 0 Å². The van der Waals surface area contributed by atoms with E-state index in [9.17, 15) is 22.8 Å². The van der Waals surface area contributed by atoms with Crippen LogP contribution >= 0.6 is 0 Å². The molecule has 1 aromatic carbocycles. The lowest BCUT2D eigenvalue weighted by Gasteiger charge is -2.40. The maximum Gasteiger partial charge on any atom is 0.391 e. The van der Waals surface area contributed by atoms with Crippen LogP contribution in [0, 0.1) is 11.8 Å². The number of hydrogen-bond acceptors (Lipinski definition) is 5. The molecule has 1 amide bonds. The largest absolute Gasteiger partial charge is 0.493 e. The standard InChI is InChI=1S/C22H28F3NO5/c1-29-18-10-13-7-8-26(17(12-20(27)31-3)16(13)11-19(18)30-2)21(28)14-5-4-6-15(9-14)22(23,24)25/h10-11,14-15,17H,4-9,12H2,1-3H3. The van der Waals surface area contributed by atoms with Gasteiger partial charge in [-0.25, -0.2) is 0 Å². The Labute approximate surface area is 179 Å². The number of carbonyl (C=O) groups is 2. The molecule has 31 heavy (non-hydrogen) atoms. The maximum absolute atomic E-state index is 13.3. The van der Waals surface area contributed by atoms with Gasteiger partial charge >= 0.3 is 12.1 Å². The molecule has 0 spiro atoms. The Morgan fingerprint density at radius 3 is 2.39 bits per heavy atom. The van der Waals surface area contributed by atoms with E-state index in [-0.39, 0.29) is 25.2 Å². The summed E-state index contributed by atoms with van der Waals surface area (Å²) in [5.41, 5.74) is 1.64. The fraction of sp³-hybridized carbons (Fsp3) is 0.636. The van der Waals surface area contributed by atoms with E-state index in [4.69, 9.17) is 14.2 Å². The number of esters is 1. The van der Waals surface area contributed by atoms with E-state index in [1.54, 1.807) is 11.0 Å². The number of methoxy groups -OCH3 is 3. The number of fused-ring (bicyclic) bond motifs is 1. The zero-order valence-corrected chi connectivity index (χ0v) is 18.0. The number of nitrogens with zero attached hydrogens (tertiary/aromatic N) is 1. The van der Waals surface area contributed by atoms with E-state index in [1.807, 2.05) is 6.07 Å². The van der Waals surface area contributed by atoms with Gasteiger partial charge in [0.2, 0.25) is 5.91 Å². The predicted octanol–water partition coefficient (Wildman–Crippen LogP) is 4.06. The van der Waals surface area contributed by atoms with Crippen molar-refractivity contribution in [2.24, 2.45) is 11.8 Å². The molecule has 1 saturated carbocycles. The first-order valence-electron chi connectivity index (χ1n) is 10.4. The van der Waals surface area contributed by atoms with Gasteiger partial charge in [0, 0.05) is 12.5 Å². The van der Waals surface area contributed by atoms with Gasteiger partial charge in [0.1, 0.15) is 0 Å². The first-order chi connectivity index (χ1) is 14.7. The van der Waals surface area contributed by atoms with Crippen LogP contribution in [-0.2, 0) is 20.7 Å². The first kappa shape index (κ1) is 23.2. The highest BCUT2D eigenvalue weighted by atomic mass is 19.4. The quantitative estimate of drug-likeness (QED) is 0.642. The normalized spacial score (nSPS) is 23.7. The van der Waals surface area contributed by atoms with Crippen molar-refractivity contribution in [1.82, 2.24) is 4.90 Å². The zero-order valence-electron chi connectivity index (χ0n) is 18.0. The van der Waals surface area contributed by atoms with Crippen molar-refractivity contribution in [3.8, 4) is 11.5 Å². The van der Waals surface area contributed by atoms with Crippen LogP contribution in [0.5, 0.6) is 11.5 Å². The van der Waals surface area contributed by atoms with Crippen molar-refractivity contribution in [3.05, 3.63) is 23.3 Å². The Morgan fingerprint density at radius 1 is 1.10 bits per heavy atom. The molecule has 172 valence electrons. The Balaban J connectivity index is 1.92. The second kappa shape index (κ2) is 9.36. The monoisotopic (exact) mass is 443 g/mol. The van der Waals surface area contributed by atoms with Gasteiger partial charge < -0.3 is 19.1 Å². The van der Waals surface area contributed by atoms with Gasteiger partial charge in [-0.05, 0) is 48.9 Å². The van der Waals surface area contributed by atoms with Gasteiger partial charge in [-0.3, -0.25) is 9.59 Å². The minimum Gasteiger partial charge on any atom is -0.493 e. The topological polar surface area (TPSA) is 65.1 Å². The lowest BCUT2D eigenvalue weighted by atomic mass is 9.79. The van der Waals surface area contributed by atoms with Crippen LogP contribution in [0.25, 0.3) is 0 Å². The van der Waals surface area contributed by atoms with E-state index in [1.165, 1.54) is 21.3 Å². The number of alkyl halides is 3. The second-order valence-electron chi connectivity index (χ2n) is 8.09. The van der Waals surface area contributed by atoms with Gasteiger partial charge in [-0.15, -0.1) is 0 Å². The fourth-order valence-electron chi connectivity index (χ4n) is 4.70. The summed E-state index contributed by atoms with van der Waals surface area (Å²) in [5.74, 6) is -2.00. The Kier molecular flexibility index (Phi) is 7.01. The molecular weight excluding hydrogens is 415 g/mol. The van der Waals surface area contributed by atoms with Gasteiger partial charge in [0.15, 0.2) is 11.5 Å². The SMILES string of the molecule is COC(=O)CC1c2cc(OC)c(OC)cc2CCN1C(=O)C1CCCC(C(F)(F)F)C1. The molecule has 3 unspecified atom stereocenters. The van der Waals surface area contributed by atoms with Crippen molar-refractivity contribution >= 4 is 11.9 Å². The maximum atomic E-state index is 13.3. The number of benzene rings is 1. The summed E-state index contributed by atoms with van der Waals surface area (Å²) in [6.45, 7) is 0.316. The molecule has 1 aliphatic heterocycles. The minimum atomic E-state index is -4.30. The molecule has 0 saturated heterocycles. The molecule has 1 aromatic rings. The van der Waals surface area contributed by atoms with Crippen molar-refractivity contribution in [3.63, 3.8) is 0 Å². The number of halogens is 3. The summed E-state index contributed by atoms with van der Waals surface area (Å²) in [6, 6.07) is 2.93. The Hall–Kier alpha value is -2.45. The Bertz CT molecular complexity index is 826. The fourth-order valence-corrected chi connectivity index (χ4v) is 4.70. The summed E-state index contributed by atoms with van der Waals surface area (Å²) in [7, 11) is 4.28. The van der Waals surface area contributed by atoms with Crippen LogP contribution in [-0.4, -0.2) is 50.8 Å².